The van der Waals surface area contributed by atoms with E-state index in [1.165, 1.54) is 26.2 Å². The third kappa shape index (κ3) is 5.09. The summed E-state index contributed by atoms with van der Waals surface area (Å²) in [6, 6.07) is 9.16. The van der Waals surface area contributed by atoms with E-state index in [0.29, 0.717) is 11.7 Å². The summed E-state index contributed by atoms with van der Waals surface area (Å²) in [7, 11) is 0. The van der Waals surface area contributed by atoms with Gasteiger partial charge in [-0.3, -0.25) is 10.1 Å². The summed E-state index contributed by atoms with van der Waals surface area (Å²) >= 11 is 0. The molecule has 1 fully saturated rings. The van der Waals surface area contributed by atoms with Crippen molar-refractivity contribution in [3.8, 4) is 0 Å². The molecule has 1 aliphatic carbocycles. The van der Waals surface area contributed by atoms with Gasteiger partial charge >= 0.3 is 6.03 Å². The van der Waals surface area contributed by atoms with Gasteiger partial charge in [-0.1, -0.05) is 31.4 Å². The Morgan fingerprint density at radius 3 is 2.67 bits per heavy atom. The van der Waals surface area contributed by atoms with Gasteiger partial charge < -0.3 is 10.6 Å². The molecule has 0 aliphatic heterocycles. The van der Waals surface area contributed by atoms with Gasteiger partial charge in [0.1, 0.15) is 5.82 Å². The monoisotopic (exact) mass is 369 g/mol. The van der Waals surface area contributed by atoms with Crippen LogP contribution in [0.2, 0.25) is 0 Å². The van der Waals surface area contributed by atoms with Crippen molar-refractivity contribution in [2.45, 2.75) is 58.0 Å². The number of amides is 3. The van der Waals surface area contributed by atoms with Crippen LogP contribution in [0.25, 0.3) is 0 Å². The molecule has 1 saturated carbocycles. The molecule has 0 spiro atoms. The highest BCUT2D eigenvalue weighted by Crippen LogP contribution is 2.29. The average Bonchev–Trinajstić information content (AvgIpc) is 3.10. The Balaban J connectivity index is 1.61. The SMILES string of the molecule is CC(=O)Nc1cccc([C@H](C)NC(=O)Nc2ccnn2C2CCCCC2)c1. The zero-order valence-electron chi connectivity index (χ0n) is 15.9. The lowest BCUT2D eigenvalue weighted by atomic mass is 9.96. The molecule has 1 aliphatic rings. The molecule has 3 N–H and O–H groups in total. The summed E-state index contributed by atoms with van der Waals surface area (Å²) in [5.41, 5.74) is 1.63. The number of carbonyl (C=O) groups is 2. The number of hydrogen-bond acceptors (Lipinski definition) is 3. The van der Waals surface area contributed by atoms with Crippen LogP contribution in [0, 0.1) is 0 Å². The lowest BCUT2D eigenvalue weighted by molar-refractivity contribution is -0.114. The topological polar surface area (TPSA) is 88.1 Å². The summed E-state index contributed by atoms with van der Waals surface area (Å²) in [6.45, 7) is 3.38. The molecule has 3 rings (SSSR count). The molecule has 0 bridgehead atoms. The highest BCUT2D eigenvalue weighted by Gasteiger charge is 2.19. The molecule has 7 nitrogen and oxygen atoms in total. The van der Waals surface area contributed by atoms with E-state index in [4.69, 9.17) is 0 Å². The van der Waals surface area contributed by atoms with Crippen LogP contribution in [0.3, 0.4) is 0 Å². The van der Waals surface area contributed by atoms with Crippen molar-refractivity contribution >= 4 is 23.4 Å². The first-order valence-corrected chi connectivity index (χ1v) is 9.51. The number of anilines is 2. The largest absolute Gasteiger partial charge is 0.331 e. The van der Waals surface area contributed by atoms with Crippen molar-refractivity contribution in [1.82, 2.24) is 15.1 Å². The smallest absolute Gasteiger partial charge is 0.320 e. The van der Waals surface area contributed by atoms with Crippen LogP contribution >= 0.6 is 0 Å². The maximum atomic E-state index is 12.5. The van der Waals surface area contributed by atoms with E-state index in [0.717, 1.165) is 24.2 Å². The number of urea groups is 1. The van der Waals surface area contributed by atoms with Crippen molar-refractivity contribution in [3.63, 3.8) is 0 Å². The Morgan fingerprint density at radius 2 is 1.93 bits per heavy atom. The van der Waals surface area contributed by atoms with Gasteiger partial charge in [-0.05, 0) is 37.5 Å². The maximum Gasteiger partial charge on any atom is 0.320 e. The zero-order valence-corrected chi connectivity index (χ0v) is 15.9. The van der Waals surface area contributed by atoms with E-state index in [-0.39, 0.29) is 18.0 Å². The number of aromatic nitrogens is 2. The summed E-state index contributed by atoms with van der Waals surface area (Å²) in [5, 5.41) is 13.0. The number of carbonyl (C=O) groups excluding carboxylic acids is 2. The average molecular weight is 369 g/mol. The molecule has 1 aromatic heterocycles. The maximum absolute atomic E-state index is 12.5. The van der Waals surface area contributed by atoms with Crippen LogP contribution in [0.1, 0.15) is 63.6 Å². The van der Waals surface area contributed by atoms with Gasteiger partial charge in [0, 0.05) is 18.7 Å². The highest BCUT2D eigenvalue weighted by molar-refractivity contribution is 5.89. The zero-order chi connectivity index (χ0) is 19.2. The molecule has 27 heavy (non-hydrogen) atoms. The molecule has 0 radical (unpaired) electrons. The summed E-state index contributed by atoms with van der Waals surface area (Å²) in [4.78, 5) is 23.7. The van der Waals surface area contributed by atoms with Crippen LogP contribution < -0.4 is 16.0 Å². The van der Waals surface area contributed by atoms with Crippen molar-refractivity contribution in [1.29, 1.82) is 0 Å². The van der Waals surface area contributed by atoms with Crippen LogP contribution in [-0.4, -0.2) is 21.7 Å². The van der Waals surface area contributed by atoms with Crippen molar-refractivity contribution in [2.24, 2.45) is 0 Å². The molecular formula is C20H27N5O2. The predicted octanol–water partition coefficient (Wildman–Crippen LogP) is 4.23. The quantitative estimate of drug-likeness (QED) is 0.737. The second-order valence-corrected chi connectivity index (χ2v) is 7.08. The van der Waals surface area contributed by atoms with Gasteiger partial charge in [0.2, 0.25) is 5.91 Å². The van der Waals surface area contributed by atoms with E-state index in [9.17, 15) is 9.59 Å². The van der Waals surface area contributed by atoms with E-state index < -0.39 is 0 Å². The Bertz CT molecular complexity index is 795. The first kappa shape index (κ1) is 18.9. The van der Waals surface area contributed by atoms with Gasteiger partial charge in [0.25, 0.3) is 0 Å². The number of hydrogen-bond donors (Lipinski definition) is 3. The summed E-state index contributed by atoms with van der Waals surface area (Å²) < 4.78 is 1.93. The molecule has 2 aromatic rings. The Hall–Kier alpha value is -2.83. The summed E-state index contributed by atoms with van der Waals surface area (Å²) in [6.07, 6.45) is 7.62. The van der Waals surface area contributed by atoms with Crippen molar-refractivity contribution in [2.75, 3.05) is 10.6 Å². The van der Waals surface area contributed by atoms with E-state index in [1.54, 1.807) is 6.20 Å². The first-order chi connectivity index (χ1) is 13.0. The minimum Gasteiger partial charge on any atom is -0.331 e. The second-order valence-electron chi connectivity index (χ2n) is 7.08. The van der Waals surface area contributed by atoms with Gasteiger partial charge in [-0.25, -0.2) is 9.48 Å². The van der Waals surface area contributed by atoms with Crippen LogP contribution in [0.4, 0.5) is 16.3 Å². The van der Waals surface area contributed by atoms with E-state index in [1.807, 2.05) is 41.9 Å². The molecule has 1 aromatic carbocycles. The Morgan fingerprint density at radius 1 is 1.15 bits per heavy atom. The summed E-state index contributed by atoms with van der Waals surface area (Å²) in [5.74, 6) is 0.597. The third-order valence-corrected chi connectivity index (χ3v) is 4.89. The fourth-order valence-electron chi connectivity index (χ4n) is 3.55. The molecule has 0 unspecified atom stereocenters. The van der Waals surface area contributed by atoms with Gasteiger partial charge in [-0.2, -0.15) is 5.10 Å². The molecule has 7 heteroatoms. The van der Waals surface area contributed by atoms with E-state index >= 15 is 0 Å². The van der Waals surface area contributed by atoms with Crippen LogP contribution in [-0.2, 0) is 4.79 Å². The first-order valence-electron chi connectivity index (χ1n) is 9.51. The predicted molar refractivity (Wildman–Crippen MR) is 106 cm³/mol. The molecule has 3 amide bonds. The highest BCUT2D eigenvalue weighted by atomic mass is 16.2. The molecule has 1 heterocycles. The Labute approximate surface area is 159 Å². The molecule has 144 valence electrons. The fraction of sp³-hybridized carbons (Fsp3) is 0.450. The van der Waals surface area contributed by atoms with Crippen LogP contribution in [0.5, 0.6) is 0 Å². The van der Waals surface area contributed by atoms with Gasteiger partial charge in [0.05, 0.1) is 18.3 Å². The van der Waals surface area contributed by atoms with Crippen molar-refractivity contribution in [3.05, 3.63) is 42.1 Å². The fourth-order valence-corrected chi connectivity index (χ4v) is 3.55. The lowest BCUT2D eigenvalue weighted by Crippen LogP contribution is -2.32. The third-order valence-electron chi connectivity index (χ3n) is 4.89. The van der Waals surface area contributed by atoms with Crippen LogP contribution in [0.15, 0.2) is 36.5 Å². The molecular weight excluding hydrogens is 342 g/mol. The minimum absolute atomic E-state index is 0.124. The van der Waals surface area contributed by atoms with Gasteiger partial charge in [0.15, 0.2) is 0 Å². The Kier molecular flexibility index (Phi) is 6.11. The van der Waals surface area contributed by atoms with E-state index in [2.05, 4.69) is 21.0 Å². The second kappa shape index (κ2) is 8.70. The standard InChI is InChI=1S/C20H27N5O2/c1-14(16-7-6-8-17(13-16)23-15(2)26)22-20(27)24-19-11-12-21-25(19)18-9-4-3-5-10-18/h6-8,11-14,18H,3-5,9-10H2,1-2H3,(H,23,26)(H2,22,24,27)/t14-/m0/s1. The van der Waals surface area contributed by atoms with Crippen molar-refractivity contribution < 1.29 is 9.59 Å². The number of rotatable bonds is 5. The molecule has 1 atom stereocenters. The minimum atomic E-state index is -0.273. The number of benzene rings is 1. The lowest BCUT2D eigenvalue weighted by Gasteiger charge is -2.24. The molecule has 0 saturated heterocycles. The number of nitrogens with one attached hydrogen (secondary N) is 3. The number of nitrogens with zero attached hydrogens (tertiary/aromatic N) is 2. The normalized spacial score (nSPS) is 15.8. The van der Waals surface area contributed by atoms with Gasteiger partial charge in [-0.15, -0.1) is 0 Å².